The maximum atomic E-state index is 12.7. The van der Waals surface area contributed by atoms with Gasteiger partial charge in [-0.25, -0.2) is 0 Å². The summed E-state index contributed by atoms with van der Waals surface area (Å²) in [5.41, 5.74) is 0. The Labute approximate surface area is 110 Å². The molecule has 1 aliphatic carbocycles. The van der Waals surface area contributed by atoms with E-state index in [2.05, 4.69) is 17.1 Å². The Morgan fingerprint density at radius 3 is 2.83 bits per heavy atom. The van der Waals surface area contributed by atoms with Gasteiger partial charge in [0.2, 0.25) is 5.91 Å². The maximum absolute atomic E-state index is 12.7. The number of nitrogens with one attached hydrogen (secondary N) is 1. The van der Waals surface area contributed by atoms with Gasteiger partial charge < -0.3 is 10.2 Å². The lowest BCUT2D eigenvalue weighted by Crippen LogP contribution is -2.47. The van der Waals surface area contributed by atoms with Gasteiger partial charge in [-0.2, -0.15) is 0 Å². The summed E-state index contributed by atoms with van der Waals surface area (Å²) in [4.78, 5) is 15.0. The predicted octanol–water partition coefficient (Wildman–Crippen LogP) is 2.17. The van der Waals surface area contributed by atoms with Crippen LogP contribution in [0.15, 0.2) is 0 Å². The zero-order chi connectivity index (χ0) is 12.5. The molecule has 18 heavy (non-hydrogen) atoms. The molecule has 0 radical (unpaired) electrons. The molecule has 4 unspecified atom stereocenters. The Morgan fingerprint density at radius 1 is 1.17 bits per heavy atom. The number of rotatable bonds is 1. The van der Waals surface area contributed by atoms with Crippen molar-refractivity contribution >= 4 is 5.91 Å². The van der Waals surface area contributed by atoms with Crippen molar-refractivity contribution in [1.29, 1.82) is 0 Å². The molecule has 1 amide bonds. The number of fused-ring (bicyclic) bond motifs is 1. The van der Waals surface area contributed by atoms with E-state index in [0.717, 1.165) is 31.8 Å². The highest BCUT2D eigenvalue weighted by atomic mass is 16.2. The molecule has 0 aromatic heterocycles. The van der Waals surface area contributed by atoms with E-state index in [9.17, 15) is 4.79 Å². The molecule has 0 aromatic rings. The van der Waals surface area contributed by atoms with Gasteiger partial charge in [0, 0.05) is 24.5 Å². The van der Waals surface area contributed by atoms with Gasteiger partial charge in [-0.1, -0.05) is 12.8 Å². The lowest BCUT2D eigenvalue weighted by atomic mass is 9.84. The Bertz CT molecular complexity index is 318. The van der Waals surface area contributed by atoms with Crippen LogP contribution in [0.3, 0.4) is 0 Å². The van der Waals surface area contributed by atoms with Gasteiger partial charge in [-0.15, -0.1) is 0 Å². The van der Waals surface area contributed by atoms with Gasteiger partial charge in [0.1, 0.15) is 0 Å². The molecule has 3 fully saturated rings. The molecule has 3 nitrogen and oxygen atoms in total. The van der Waals surface area contributed by atoms with Crippen LogP contribution in [0.2, 0.25) is 0 Å². The first kappa shape index (κ1) is 12.5. The van der Waals surface area contributed by atoms with Crippen LogP contribution in [0.25, 0.3) is 0 Å². The number of likely N-dealkylation sites (tertiary alicyclic amines) is 1. The molecule has 2 heterocycles. The smallest absolute Gasteiger partial charge is 0.226 e. The van der Waals surface area contributed by atoms with Crippen molar-refractivity contribution < 1.29 is 4.79 Å². The first-order valence-electron chi connectivity index (χ1n) is 7.79. The number of hydrogen-bond acceptors (Lipinski definition) is 2. The van der Waals surface area contributed by atoms with Crippen molar-refractivity contribution in [2.45, 2.75) is 64.0 Å². The highest BCUT2D eigenvalue weighted by molar-refractivity contribution is 5.79. The molecule has 1 N–H and O–H groups in total. The van der Waals surface area contributed by atoms with E-state index in [1.165, 1.54) is 32.1 Å². The van der Waals surface area contributed by atoms with E-state index < -0.39 is 0 Å². The van der Waals surface area contributed by atoms with Crippen LogP contribution in [-0.2, 0) is 4.79 Å². The minimum absolute atomic E-state index is 0.293. The van der Waals surface area contributed by atoms with Crippen molar-refractivity contribution in [3.05, 3.63) is 0 Å². The molecular formula is C15H26N2O. The standard InChI is InChI=1S/C15H26N2O/c1-11-10-13(6-8-16-11)15(18)17-9-7-12-4-2-3-5-14(12)17/h11-14,16H,2-10H2,1H3. The summed E-state index contributed by atoms with van der Waals surface area (Å²) in [7, 11) is 0. The van der Waals surface area contributed by atoms with Crippen LogP contribution < -0.4 is 5.32 Å². The van der Waals surface area contributed by atoms with E-state index in [-0.39, 0.29) is 0 Å². The van der Waals surface area contributed by atoms with Gasteiger partial charge in [0.15, 0.2) is 0 Å². The van der Waals surface area contributed by atoms with Gasteiger partial charge in [-0.3, -0.25) is 4.79 Å². The molecule has 1 saturated carbocycles. The number of piperidine rings is 1. The van der Waals surface area contributed by atoms with Crippen molar-refractivity contribution in [3.8, 4) is 0 Å². The third-order valence-electron chi connectivity index (χ3n) is 5.27. The molecule has 3 rings (SSSR count). The molecule has 0 aromatic carbocycles. The van der Waals surface area contributed by atoms with Gasteiger partial charge >= 0.3 is 0 Å². The van der Waals surface area contributed by atoms with Crippen LogP contribution in [0.4, 0.5) is 0 Å². The summed E-state index contributed by atoms with van der Waals surface area (Å²) >= 11 is 0. The second-order valence-corrected chi connectivity index (χ2v) is 6.51. The maximum Gasteiger partial charge on any atom is 0.226 e. The topological polar surface area (TPSA) is 32.3 Å². The van der Waals surface area contributed by atoms with Crippen LogP contribution >= 0.6 is 0 Å². The zero-order valence-electron chi connectivity index (χ0n) is 11.5. The number of amides is 1. The average molecular weight is 250 g/mol. The second-order valence-electron chi connectivity index (χ2n) is 6.51. The lowest BCUT2D eigenvalue weighted by molar-refractivity contribution is -0.138. The minimum atomic E-state index is 0.293. The first-order valence-corrected chi connectivity index (χ1v) is 7.79. The number of nitrogens with zero attached hydrogens (tertiary/aromatic N) is 1. The third-order valence-corrected chi connectivity index (χ3v) is 5.27. The summed E-state index contributed by atoms with van der Waals surface area (Å²) in [6.45, 7) is 4.25. The van der Waals surface area contributed by atoms with E-state index >= 15 is 0 Å². The Hall–Kier alpha value is -0.570. The largest absolute Gasteiger partial charge is 0.339 e. The number of carbonyl (C=O) groups excluding carboxylic acids is 1. The van der Waals surface area contributed by atoms with Gasteiger partial charge in [0.25, 0.3) is 0 Å². The summed E-state index contributed by atoms with van der Waals surface area (Å²) in [5.74, 6) is 1.58. The lowest BCUT2D eigenvalue weighted by Gasteiger charge is -2.36. The molecule has 0 bridgehead atoms. The predicted molar refractivity (Wildman–Crippen MR) is 72.3 cm³/mol. The van der Waals surface area contributed by atoms with E-state index in [4.69, 9.17) is 0 Å². The highest BCUT2D eigenvalue weighted by Gasteiger charge is 2.40. The van der Waals surface area contributed by atoms with Crippen LogP contribution in [0.1, 0.15) is 51.9 Å². The van der Waals surface area contributed by atoms with E-state index in [0.29, 0.717) is 23.9 Å². The summed E-state index contributed by atoms with van der Waals surface area (Å²) in [6, 6.07) is 1.11. The fourth-order valence-corrected chi connectivity index (χ4v) is 4.27. The van der Waals surface area contributed by atoms with Gasteiger partial charge in [-0.05, 0) is 51.5 Å². The first-order chi connectivity index (χ1) is 8.75. The fourth-order valence-electron chi connectivity index (χ4n) is 4.27. The normalized spacial score (nSPS) is 40.6. The van der Waals surface area contributed by atoms with E-state index in [1.807, 2.05) is 0 Å². The Kier molecular flexibility index (Phi) is 3.60. The van der Waals surface area contributed by atoms with Crippen LogP contribution in [0, 0.1) is 11.8 Å². The Morgan fingerprint density at radius 2 is 2.00 bits per heavy atom. The summed E-state index contributed by atoms with van der Waals surface area (Å²) in [5, 5.41) is 3.44. The molecule has 4 atom stereocenters. The van der Waals surface area contributed by atoms with Crippen LogP contribution in [0.5, 0.6) is 0 Å². The van der Waals surface area contributed by atoms with Crippen molar-refractivity contribution in [2.24, 2.45) is 11.8 Å². The van der Waals surface area contributed by atoms with Crippen molar-refractivity contribution in [2.75, 3.05) is 13.1 Å². The molecular weight excluding hydrogens is 224 g/mol. The monoisotopic (exact) mass is 250 g/mol. The number of carbonyl (C=O) groups is 1. The van der Waals surface area contributed by atoms with Crippen LogP contribution in [-0.4, -0.2) is 36.0 Å². The minimum Gasteiger partial charge on any atom is -0.339 e. The quantitative estimate of drug-likeness (QED) is 0.773. The highest BCUT2D eigenvalue weighted by Crippen LogP contribution is 2.37. The average Bonchev–Trinajstić information content (AvgIpc) is 2.82. The fraction of sp³-hybridized carbons (Fsp3) is 0.933. The zero-order valence-corrected chi connectivity index (χ0v) is 11.5. The van der Waals surface area contributed by atoms with E-state index in [1.54, 1.807) is 0 Å². The Balaban J connectivity index is 1.65. The molecule has 2 saturated heterocycles. The molecule has 102 valence electrons. The van der Waals surface area contributed by atoms with Gasteiger partial charge in [0.05, 0.1) is 0 Å². The second kappa shape index (κ2) is 5.20. The van der Waals surface area contributed by atoms with Crippen molar-refractivity contribution in [3.63, 3.8) is 0 Å². The third kappa shape index (κ3) is 2.29. The molecule has 3 heteroatoms. The number of hydrogen-bond donors (Lipinski definition) is 1. The molecule has 3 aliphatic rings. The summed E-state index contributed by atoms with van der Waals surface area (Å²) < 4.78 is 0. The van der Waals surface area contributed by atoms with Crippen molar-refractivity contribution in [1.82, 2.24) is 10.2 Å². The molecule has 2 aliphatic heterocycles. The SMILES string of the molecule is CC1CC(C(=O)N2CCC3CCCCC32)CCN1. The summed E-state index contributed by atoms with van der Waals surface area (Å²) in [6.07, 6.45) is 8.66. The molecule has 0 spiro atoms.